The molecule has 152 valence electrons. The van der Waals surface area contributed by atoms with Crippen molar-refractivity contribution in [2.45, 2.75) is 33.1 Å². The number of esters is 1. The highest BCUT2D eigenvalue weighted by molar-refractivity contribution is 5.91. The number of fused-ring (bicyclic) bond motifs is 1. The highest BCUT2D eigenvalue weighted by Crippen LogP contribution is 2.32. The fourth-order valence-corrected chi connectivity index (χ4v) is 2.99. The van der Waals surface area contributed by atoms with E-state index in [1.54, 1.807) is 26.6 Å². The normalized spacial score (nSPS) is 10.7. The Hall–Kier alpha value is -3.22. The van der Waals surface area contributed by atoms with Crippen LogP contribution in [-0.4, -0.2) is 41.2 Å². The Labute approximate surface area is 170 Å². The molecule has 3 rings (SSSR count). The van der Waals surface area contributed by atoms with Gasteiger partial charge >= 0.3 is 5.97 Å². The maximum Gasteiger partial charge on any atom is 0.305 e. The Kier molecular flexibility index (Phi) is 6.94. The summed E-state index contributed by atoms with van der Waals surface area (Å²) in [6.45, 7) is 4.65. The van der Waals surface area contributed by atoms with E-state index in [-0.39, 0.29) is 5.97 Å². The summed E-state index contributed by atoms with van der Waals surface area (Å²) in [4.78, 5) is 24.4. The largest absolute Gasteiger partial charge is 0.491 e. The van der Waals surface area contributed by atoms with Crippen molar-refractivity contribution in [3.05, 3.63) is 42.5 Å². The third-order valence-electron chi connectivity index (χ3n) is 4.52. The summed E-state index contributed by atoms with van der Waals surface area (Å²) in [5, 5.41) is 0.933. The number of hydrogen-bond donors (Lipinski definition) is 0. The molecular weight excluding hydrogens is 370 g/mol. The highest BCUT2D eigenvalue weighted by atomic mass is 16.5. The van der Waals surface area contributed by atoms with E-state index in [0.717, 1.165) is 34.1 Å². The smallest absolute Gasteiger partial charge is 0.305 e. The number of ether oxygens (including phenoxy) is 3. The third kappa shape index (κ3) is 5.19. The maximum absolute atomic E-state index is 11.4. The lowest BCUT2D eigenvalue weighted by atomic mass is 10.0. The third-order valence-corrected chi connectivity index (χ3v) is 4.52. The summed E-state index contributed by atoms with van der Waals surface area (Å²) in [5.74, 6) is 1.08. The number of unbranched alkanes of at least 4 members (excludes halogenated alkanes) is 1. The summed E-state index contributed by atoms with van der Waals surface area (Å²) >= 11 is 0. The van der Waals surface area contributed by atoms with Gasteiger partial charge in [0.1, 0.15) is 17.6 Å². The van der Waals surface area contributed by atoms with E-state index in [1.165, 1.54) is 0 Å². The molecule has 0 saturated carbocycles. The zero-order valence-electron chi connectivity index (χ0n) is 17.0. The van der Waals surface area contributed by atoms with Crippen molar-refractivity contribution in [3.63, 3.8) is 0 Å². The molecule has 0 atom stereocenters. The van der Waals surface area contributed by atoms with Crippen LogP contribution >= 0.6 is 0 Å². The molecule has 0 aliphatic carbocycles. The molecule has 29 heavy (non-hydrogen) atoms. The topological polar surface area (TPSA) is 83.4 Å². The van der Waals surface area contributed by atoms with Gasteiger partial charge in [0.05, 0.1) is 20.3 Å². The zero-order valence-corrected chi connectivity index (χ0v) is 17.0. The predicted octanol–water partition coefficient (Wildman–Crippen LogP) is 4.12. The van der Waals surface area contributed by atoms with E-state index >= 15 is 0 Å². The number of benzene rings is 1. The maximum atomic E-state index is 11.4. The molecule has 0 aliphatic rings. The second-order valence-corrected chi connectivity index (χ2v) is 6.53. The van der Waals surface area contributed by atoms with E-state index in [9.17, 15) is 4.79 Å². The van der Waals surface area contributed by atoms with Gasteiger partial charge in [0, 0.05) is 35.3 Å². The molecule has 0 amide bonds. The minimum absolute atomic E-state index is 0.171. The lowest BCUT2D eigenvalue weighted by Crippen LogP contribution is -2.05. The van der Waals surface area contributed by atoms with Gasteiger partial charge in [-0.2, -0.15) is 0 Å². The highest BCUT2D eigenvalue weighted by Gasteiger charge is 2.11. The number of rotatable bonds is 9. The van der Waals surface area contributed by atoms with Crippen LogP contribution in [0.4, 0.5) is 0 Å². The van der Waals surface area contributed by atoms with E-state index < -0.39 is 0 Å². The molecule has 0 saturated heterocycles. The molecule has 7 heteroatoms. The van der Waals surface area contributed by atoms with Crippen LogP contribution in [0.1, 0.15) is 31.9 Å². The quantitative estimate of drug-likeness (QED) is 0.398. The predicted molar refractivity (Wildman–Crippen MR) is 110 cm³/mol. The van der Waals surface area contributed by atoms with Crippen LogP contribution < -0.4 is 9.47 Å². The molecule has 0 spiro atoms. The number of pyridine rings is 1. The van der Waals surface area contributed by atoms with Crippen molar-refractivity contribution in [2.24, 2.45) is 0 Å². The average molecular weight is 395 g/mol. The van der Waals surface area contributed by atoms with Crippen LogP contribution in [0.3, 0.4) is 0 Å². The second-order valence-electron chi connectivity index (χ2n) is 6.53. The molecule has 0 unspecified atom stereocenters. The lowest BCUT2D eigenvalue weighted by molar-refractivity contribution is -0.143. The van der Waals surface area contributed by atoms with E-state index in [4.69, 9.17) is 14.2 Å². The van der Waals surface area contributed by atoms with Gasteiger partial charge in [-0.15, -0.1) is 0 Å². The summed E-state index contributed by atoms with van der Waals surface area (Å²) < 4.78 is 16.1. The molecule has 0 N–H and O–H groups in total. The van der Waals surface area contributed by atoms with Gasteiger partial charge in [-0.25, -0.2) is 15.0 Å². The molecule has 1 aromatic carbocycles. The minimum Gasteiger partial charge on any atom is -0.491 e. The number of aromatic nitrogens is 3. The van der Waals surface area contributed by atoms with Crippen molar-refractivity contribution < 1.29 is 19.0 Å². The number of methoxy groups -OCH3 is 1. The Morgan fingerprint density at radius 2 is 1.93 bits per heavy atom. The Morgan fingerprint density at radius 1 is 1.07 bits per heavy atom. The van der Waals surface area contributed by atoms with Gasteiger partial charge in [0.2, 0.25) is 5.88 Å². The first-order valence-electron chi connectivity index (χ1n) is 9.66. The molecule has 7 nitrogen and oxygen atoms in total. The molecule has 0 aliphatic heterocycles. The van der Waals surface area contributed by atoms with Gasteiger partial charge in [0.25, 0.3) is 0 Å². The van der Waals surface area contributed by atoms with Crippen LogP contribution in [0.5, 0.6) is 11.6 Å². The Bertz CT molecular complexity index is 974. The first kappa shape index (κ1) is 20.5. The van der Waals surface area contributed by atoms with Crippen molar-refractivity contribution >= 4 is 16.9 Å². The number of aryl methyl sites for hydroxylation is 1. The summed E-state index contributed by atoms with van der Waals surface area (Å²) in [6.07, 6.45) is 5.17. The molecule has 0 fully saturated rings. The molecule has 2 heterocycles. The molecule has 3 aromatic rings. The number of nitrogens with zero attached hydrogens (tertiary/aromatic N) is 3. The fourth-order valence-electron chi connectivity index (χ4n) is 2.99. The van der Waals surface area contributed by atoms with Gasteiger partial charge < -0.3 is 14.2 Å². The summed E-state index contributed by atoms with van der Waals surface area (Å²) in [7, 11) is 1.59. The van der Waals surface area contributed by atoms with Crippen molar-refractivity contribution in [2.75, 3.05) is 20.3 Å². The van der Waals surface area contributed by atoms with Crippen molar-refractivity contribution in [1.29, 1.82) is 0 Å². The Balaban J connectivity index is 1.79. The average Bonchev–Trinajstić information content (AvgIpc) is 2.74. The number of hydrogen-bond acceptors (Lipinski definition) is 7. The monoisotopic (exact) mass is 395 g/mol. The van der Waals surface area contributed by atoms with E-state index in [0.29, 0.717) is 37.7 Å². The SMILES string of the molecule is CCOC(=O)CCCCOc1cc(-c2ccc(OC)nc2)cc2c(C)ncnc12. The second kappa shape index (κ2) is 9.82. The summed E-state index contributed by atoms with van der Waals surface area (Å²) in [5.41, 5.74) is 3.56. The standard InChI is InChI=1S/C22H25N3O4/c1-4-28-21(26)7-5-6-10-29-19-12-17(16-8-9-20(27-3)23-13-16)11-18-15(2)24-14-25-22(18)19/h8-9,11-14H,4-7,10H2,1-3H3. The molecule has 0 bridgehead atoms. The number of carbonyl (C=O) groups is 1. The number of carbonyl (C=O) groups excluding carboxylic acids is 1. The van der Waals surface area contributed by atoms with Crippen LogP contribution in [-0.2, 0) is 9.53 Å². The molecular formula is C22H25N3O4. The van der Waals surface area contributed by atoms with E-state index in [1.807, 2.05) is 31.2 Å². The van der Waals surface area contributed by atoms with Crippen LogP contribution in [0.15, 0.2) is 36.8 Å². The van der Waals surface area contributed by atoms with Crippen molar-refractivity contribution in [3.8, 4) is 22.8 Å². The first-order valence-corrected chi connectivity index (χ1v) is 9.66. The van der Waals surface area contributed by atoms with Gasteiger partial charge in [-0.05, 0) is 50.5 Å². The summed E-state index contributed by atoms with van der Waals surface area (Å²) in [6, 6.07) is 7.78. The van der Waals surface area contributed by atoms with Crippen LogP contribution in [0.2, 0.25) is 0 Å². The van der Waals surface area contributed by atoms with Crippen molar-refractivity contribution in [1.82, 2.24) is 15.0 Å². The Morgan fingerprint density at radius 3 is 2.66 bits per heavy atom. The van der Waals surface area contributed by atoms with Gasteiger partial charge in [-0.3, -0.25) is 4.79 Å². The first-order chi connectivity index (χ1) is 14.1. The van der Waals surface area contributed by atoms with Gasteiger partial charge in [0.15, 0.2) is 0 Å². The van der Waals surface area contributed by atoms with Gasteiger partial charge in [-0.1, -0.05) is 0 Å². The molecule has 2 aromatic heterocycles. The fraction of sp³-hybridized carbons (Fsp3) is 0.364. The van der Waals surface area contributed by atoms with E-state index in [2.05, 4.69) is 15.0 Å². The van der Waals surface area contributed by atoms with Crippen LogP contribution in [0.25, 0.3) is 22.0 Å². The minimum atomic E-state index is -0.171. The van der Waals surface area contributed by atoms with Crippen LogP contribution in [0, 0.1) is 6.92 Å². The lowest BCUT2D eigenvalue weighted by Gasteiger charge is -2.12. The molecule has 0 radical (unpaired) electrons. The zero-order chi connectivity index (χ0) is 20.6.